The lowest BCUT2D eigenvalue weighted by Gasteiger charge is -2.04. The van der Waals surface area contributed by atoms with Gasteiger partial charge >= 0.3 is 0 Å². The molecule has 2 N–H and O–H groups in total. The van der Waals surface area contributed by atoms with Gasteiger partial charge in [-0.15, -0.1) is 0 Å². The third-order valence-corrected chi connectivity index (χ3v) is 3.24. The molecular formula is C14H12ClN3O. The molecule has 2 heterocycles. The van der Waals surface area contributed by atoms with E-state index in [0.717, 1.165) is 22.7 Å². The molecular weight excluding hydrogens is 262 g/mol. The van der Waals surface area contributed by atoms with Crippen LogP contribution in [0, 0.1) is 0 Å². The number of anilines is 1. The van der Waals surface area contributed by atoms with E-state index >= 15 is 0 Å². The van der Waals surface area contributed by atoms with Crippen molar-refractivity contribution in [2.75, 3.05) is 12.8 Å². The van der Waals surface area contributed by atoms with Crippen LogP contribution < -0.4 is 10.5 Å². The normalized spacial score (nSPS) is 10.8. The molecule has 0 unspecified atom stereocenters. The van der Waals surface area contributed by atoms with E-state index in [1.807, 2.05) is 40.9 Å². The highest BCUT2D eigenvalue weighted by molar-refractivity contribution is 6.32. The summed E-state index contributed by atoms with van der Waals surface area (Å²) >= 11 is 6.14. The van der Waals surface area contributed by atoms with Crippen LogP contribution >= 0.6 is 11.6 Å². The third-order valence-electron chi connectivity index (χ3n) is 2.96. The maximum absolute atomic E-state index is 6.14. The van der Waals surface area contributed by atoms with Gasteiger partial charge in [-0.3, -0.25) is 4.40 Å². The van der Waals surface area contributed by atoms with Gasteiger partial charge in [-0.1, -0.05) is 11.6 Å². The van der Waals surface area contributed by atoms with E-state index in [-0.39, 0.29) is 0 Å². The van der Waals surface area contributed by atoms with Gasteiger partial charge in [-0.2, -0.15) is 0 Å². The largest absolute Gasteiger partial charge is 0.497 e. The molecule has 0 radical (unpaired) electrons. The van der Waals surface area contributed by atoms with Gasteiger partial charge in [0.25, 0.3) is 0 Å². The van der Waals surface area contributed by atoms with Gasteiger partial charge in [-0.25, -0.2) is 4.98 Å². The molecule has 0 fully saturated rings. The number of imidazole rings is 1. The van der Waals surface area contributed by atoms with Crippen LogP contribution in [0.3, 0.4) is 0 Å². The number of nitrogens with two attached hydrogens (primary N) is 1. The zero-order valence-electron chi connectivity index (χ0n) is 10.3. The number of hydrogen-bond acceptors (Lipinski definition) is 3. The highest BCUT2D eigenvalue weighted by atomic mass is 35.5. The van der Waals surface area contributed by atoms with Crippen LogP contribution in [0.25, 0.3) is 16.9 Å². The first-order valence-electron chi connectivity index (χ1n) is 5.76. The van der Waals surface area contributed by atoms with E-state index in [0.29, 0.717) is 10.8 Å². The minimum atomic E-state index is 0.464. The molecule has 3 aromatic rings. The minimum Gasteiger partial charge on any atom is -0.497 e. The van der Waals surface area contributed by atoms with Crippen molar-refractivity contribution >= 4 is 22.8 Å². The Kier molecular flexibility index (Phi) is 2.80. The van der Waals surface area contributed by atoms with E-state index in [1.165, 1.54) is 0 Å². The monoisotopic (exact) mass is 273 g/mol. The van der Waals surface area contributed by atoms with Gasteiger partial charge in [0.2, 0.25) is 0 Å². The van der Waals surface area contributed by atoms with Crippen LogP contribution in [0.5, 0.6) is 5.75 Å². The standard InChI is InChI=1S/C14H12ClN3O/c1-19-11-5-2-9(3-6-11)14-17-13(15)12-7-4-10(16)8-18(12)14/h2-8H,16H2,1H3. The Morgan fingerprint density at radius 2 is 1.89 bits per heavy atom. The summed E-state index contributed by atoms with van der Waals surface area (Å²) in [4.78, 5) is 4.39. The van der Waals surface area contributed by atoms with Crippen LogP contribution in [0.2, 0.25) is 5.15 Å². The maximum Gasteiger partial charge on any atom is 0.155 e. The van der Waals surface area contributed by atoms with Gasteiger partial charge in [-0.05, 0) is 36.4 Å². The lowest BCUT2D eigenvalue weighted by Crippen LogP contribution is -1.93. The number of aromatic nitrogens is 2. The number of ether oxygens (including phenoxy) is 1. The molecule has 0 aliphatic rings. The molecule has 0 amide bonds. The lowest BCUT2D eigenvalue weighted by atomic mass is 10.2. The number of methoxy groups -OCH3 is 1. The summed E-state index contributed by atoms with van der Waals surface area (Å²) in [6, 6.07) is 11.3. The highest BCUT2D eigenvalue weighted by Gasteiger charge is 2.11. The molecule has 19 heavy (non-hydrogen) atoms. The Morgan fingerprint density at radius 3 is 2.58 bits per heavy atom. The van der Waals surface area contributed by atoms with Crippen LogP contribution in [-0.4, -0.2) is 16.5 Å². The first kappa shape index (κ1) is 11.9. The molecule has 0 spiro atoms. The van der Waals surface area contributed by atoms with Crippen molar-refractivity contribution in [3.8, 4) is 17.1 Å². The van der Waals surface area contributed by atoms with Crippen molar-refractivity contribution in [2.24, 2.45) is 0 Å². The fraction of sp³-hybridized carbons (Fsp3) is 0.0714. The maximum atomic E-state index is 6.14. The van der Waals surface area contributed by atoms with E-state index in [2.05, 4.69) is 4.98 Å². The van der Waals surface area contributed by atoms with E-state index in [4.69, 9.17) is 22.1 Å². The van der Waals surface area contributed by atoms with Gasteiger partial charge in [0.15, 0.2) is 5.15 Å². The molecule has 96 valence electrons. The second-order valence-corrected chi connectivity index (χ2v) is 4.53. The molecule has 1 aromatic carbocycles. The summed E-state index contributed by atoms with van der Waals surface area (Å²) in [5, 5.41) is 0.464. The van der Waals surface area contributed by atoms with Gasteiger partial charge < -0.3 is 10.5 Å². The highest BCUT2D eigenvalue weighted by Crippen LogP contribution is 2.27. The fourth-order valence-corrected chi connectivity index (χ4v) is 2.24. The smallest absolute Gasteiger partial charge is 0.155 e. The number of pyridine rings is 1. The Bertz CT molecular complexity index is 734. The summed E-state index contributed by atoms with van der Waals surface area (Å²) in [7, 11) is 1.64. The van der Waals surface area contributed by atoms with Crippen LogP contribution in [-0.2, 0) is 0 Å². The molecule has 0 atom stereocenters. The molecule has 0 aliphatic carbocycles. The van der Waals surface area contributed by atoms with Crippen molar-refractivity contribution in [1.29, 1.82) is 0 Å². The Hall–Kier alpha value is -2.20. The summed E-state index contributed by atoms with van der Waals surface area (Å²) in [5.74, 6) is 1.56. The van der Waals surface area contributed by atoms with Crippen molar-refractivity contribution in [3.05, 3.63) is 47.7 Å². The van der Waals surface area contributed by atoms with E-state index < -0.39 is 0 Å². The zero-order valence-corrected chi connectivity index (χ0v) is 11.1. The number of benzene rings is 1. The Balaban J connectivity index is 2.20. The van der Waals surface area contributed by atoms with Gasteiger partial charge in [0, 0.05) is 17.4 Å². The van der Waals surface area contributed by atoms with Crippen molar-refractivity contribution in [2.45, 2.75) is 0 Å². The molecule has 0 saturated carbocycles. The second-order valence-electron chi connectivity index (χ2n) is 4.17. The van der Waals surface area contributed by atoms with Crippen molar-refractivity contribution in [3.63, 3.8) is 0 Å². The predicted octanol–water partition coefficient (Wildman–Crippen LogP) is 3.25. The number of rotatable bonds is 2. The van der Waals surface area contributed by atoms with E-state index in [9.17, 15) is 0 Å². The molecule has 4 nitrogen and oxygen atoms in total. The number of nitrogen functional groups attached to an aromatic ring is 1. The van der Waals surface area contributed by atoms with Gasteiger partial charge in [0.1, 0.15) is 11.6 Å². The van der Waals surface area contributed by atoms with Crippen molar-refractivity contribution < 1.29 is 4.74 Å². The third kappa shape index (κ3) is 2.00. The Labute approximate surface area is 115 Å². The topological polar surface area (TPSA) is 52.5 Å². The average molecular weight is 274 g/mol. The van der Waals surface area contributed by atoms with Crippen LogP contribution in [0.15, 0.2) is 42.6 Å². The zero-order chi connectivity index (χ0) is 13.4. The second kappa shape index (κ2) is 4.48. The molecule has 0 bridgehead atoms. The van der Waals surface area contributed by atoms with Crippen LogP contribution in [0.4, 0.5) is 5.69 Å². The summed E-state index contributed by atoms with van der Waals surface area (Å²) in [5.41, 5.74) is 8.26. The molecule has 2 aromatic heterocycles. The fourth-order valence-electron chi connectivity index (χ4n) is 2.01. The number of fused-ring (bicyclic) bond motifs is 1. The molecule has 0 aliphatic heterocycles. The first-order valence-corrected chi connectivity index (χ1v) is 6.14. The van der Waals surface area contributed by atoms with Gasteiger partial charge in [0.05, 0.1) is 12.6 Å². The quantitative estimate of drug-likeness (QED) is 0.780. The van der Waals surface area contributed by atoms with Crippen LogP contribution in [0.1, 0.15) is 0 Å². The summed E-state index contributed by atoms with van der Waals surface area (Å²) in [6.45, 7) is 0. The summed E-state index contributed by atoms with van der Waals surface area (Å²) < 4.78 is 7.03. The first-order chi connectivity index (χ1) is 9.19. The lowest BCUT2D eigenvalue weighted by molar-refractivity contribution is 0.415. The predicted molar refractivity (Wildman–Crippen MR) is 76.6 cm³/mol. The minimum absolute atomic E-state index is 0.464. The summed E-state index contributed by atoms with van der Waals surface area (Å²) in [6.07, 6.45) is 1.81. The average Bonchev–Trinajstić information content (AvgIpc) is 2.75. The van der Waals surface area contributed by atoms with E-state index in [1.54, 1.807) is 13.2 Å². The number of nitrogens with zero attached hydrogens (tertiary/aromatic N) is 2. The molecule has 3 rings (SSSR count). The number of hydrogen-bond donors (Lipinski definition) is 1. The van der Waals surface area contributed by atoms with Crippen molar-refractivity contribution in [1.82, 2.24) is 9.38 Å². The number of halogens is 1. The molecule has 0 saturated heterocycles. The SMILES string of the molecule is COc1ccc(-c2nc(Cl)c3ccc(N)cn23)cc1. The Morgan fingerprint density at radius 1 is 1.16 bits per heavy atom. The molecule has 5 heteroatoms.